The van der Waals surface area contributed by atoms with Crippen LogP contribution in [0.3, 0.4) is 0 Å². The number of aromatic nitrogens is 1. The van der Waals surface area contributed by atoms with E-state index in [1.165, 1.54) is 111 Å². The molecular weight excluding hydrogens is 655 g/mol. The summed E-state index contributed by atoms with van der Waals surface area (Å²) in [5.74, 6) is 0. The predicted octanol–water partition coefficient (Wildman–Crippen LogP) is 14.6. The molecule has 0 unspecified atom stereocenters. The highest BCUT2D eigenvalue weighted by molar-refractivity contribution is 7.27. The number of hydrogen-bond acceptors (Lipinski definition) is 2. The van der Waals surface area contributed by atoms with E-state index in [9.17, 15) is 0 Å². The van der Waals surface area contributed by atoms with Crippen LogP contribution in [0.4, 0.5) is 0 Å². The van der Waals surface area contributed by atoms with E-state index in [0.717, 1.165) is 0 Å². The monoisotopic (exact) mass is 681 g/mol. The van der Waals surface area contributed by atoms with Crippen molar-refractivity contribution in [3.05, 3.63) is 164 Å². The van der Waals surface area contributed by atoms with Gasteiger partial charge in [-0.3, -0.25) is 0 Å². The molecule has 12 rings (SSSR count). The Morgan fingerprint density at radius 3 is 1.67 bits per heavy atom. The zero-order valence-corrected chi connectivity index (χ0v) is 29.0. The Morgan fingerprint density at radius 2 is 0.902 bits per heavy atom. The SMILES string of the molecule is c1cc(-c2ccc3c(c2)sc2ccccc23)cc(-n2c3ccccc3c3c4c5ccccc5c5ccccc5c4c4c5ccccc5sc4c32)c1. The lowest BCUT2D eigenvalue weighted by molar-refractivity contribution is 1.19. The quantitative estimate of drug-likeness (QED) is 0.160. The lowest BCUT2D eigenvalue weighted by Crippen LogP contribution is -1.95. The highest BCUT2D eigenvalue weighted by atomic mass is 32.1. The van der Waals surface area contributed by atoms with E-state index < -0.39 is 0 Å². The van der Waals surface area contributed by atoms with Crippen LogP contribution >= 0.6 is 22.7 Å². The lowest BCUT2D eigenvalue weighted by Gasteiger charge is -2.15. The van der Waals surface area contributed by atoms with E-state index in [2.05, 4.69) is 168 Å². The van der Waals surface area contributed by atoms with Crippen LogP contribution in [-0.4, -0.2) is 4.57 Å². The van der Waals surface area contributed by atoms with Crippen molar-refractivity contribution in [2.75, 3.05) is 0 Å². The molecule has 0 amide bonds. The Kier molecular flexibility index (Phi) is 5.59. The molecule has 0 aliphatic carbocycles. The van der Waals surface area contributed by atoms with Crippen molar-refractivity contribution in [2.24, 2.45) is 0 Å². The fourth-order valence-electron chi connectivity index (χ4n) is 8.83. The zero-order chi connectivity index (χ0) is 33.2. The van der Waals surface area contributed by atoms with Gasteiger partial charge < -0.3 is 4.57 Å². The molecule has 236 valence electrons. The van der Waals surface area contributed by atoms with Crippen LogP contribution in [0.1, 0.15) is 0 Å². The van der Waals surface area contributed by atoms with Crippen LogP contribution in [0, 0.1) is 0 Å². The largest absolute Gasteiger partial charge is 0.308 e. The zero-order valence-electron chi connectivity index (χ0n) is 27.4. The van der Waals surface area contributed by atoms with Crippen molar-refractivity contribution in [1.29, 1.82) is 0 Å². The molecule has 0 aliphatic rings. The van der Waals surface area contributed by atoms with E-state index in [0.29, 0.717) is 0 Å². The average Bonchev–Trinajstić information content (AvgIpc) is 3.87. The first-order valence-corrected chi connectivity index (χ1v) is 19.1. The molecule has 3 aromatic heterocycles. The highest BCUT2D eigenvalue weighted by Crippen LogP contribution is 2.51. The summed E-state index contributed by atoms with van der Waals surface area (Å²) >= 11 is 3.81. The third-order valence-electron chi connectivity index (χ3n) is 10.9. The second-order valence-corrected chi connectivity index (χ2v) is 15.7. The number of fused-ring (bicyclic) bond motifs is 18. The summed E-state index contributed by atoms with van der Waals surface area (Å²) < 4.78 is 7.87. The third kappa shape index (κ3) is 3.74. The Hall–Kier alpha value is -6.00. The molecule has 9 aromatic carbocycles. The molecule has 3 heteroatoms. The summed E-state index contributed by atoms with van der Waals surface area (Å²) in [5, 5.41) is 15.9. The molecule has 1 nitrogen and oxygen atoms in total. The minimum absolute atomic E-state index is 1.18. The second-order valence-electron chi connectivity index (χ2n) is 13.6. The molecule has 0 bridgehead atoms. The molecule has 3 heterocycles. The van der Waals surface area contributed by atoms with Gasteiger partial charge >= 0.3 is 0 Å². The highest BCUT2D eigenvalue weighted by Gasteiger charge is 2.24. The molecule has 0 radical (unpaired) electrons. The Balaban J connectivity index is 1.26. The van der Waals surface area contributed by atoms with E-state index in [-0.39, 0.29) is 0 Å². The molecule has 0 fully saturated rings. The molecule has 51 heavy (non-hydrogen) atoms. The molecule has 0 N–H and O–H groups in total. The van der Waals surface area contributed by atoms with Crippen LogP contribution in [0.5, 0.6) is 0 Å². The molecule has 0 spiro atoms. The summed E-state index contributed by atoms with van der Waals surface area (Å²) in [6.45, 7) is 0. The van der Waals surface area contributed by atoms with Gasteiger partial charge in [-0.1, -0.05) is 127 Å². The maximum atomic E-state index is 2.55. The topological polar surface area (TPSA) is 4.93 Å². The summed E-state index contributed by atoms with van der Waals surface area (Å²) in [6, 6.07) is 60.9. The number of thiophene rings is 2. The number of rotatable bonds is 2. The van der Waals surface area contributed by atoms with Crippen molar-refractivity contribution in [1.82, 2.24) is 4.57 Å². The first kappa shape index (κ1) is 27.8. The van der Waals surface area contributed by atoms with E-state index >= 15 is 0 Å². The molecule has 0 saturated heterocycles. The second kappa shape index (κ2) is 10.3. The van der Waals surface area contributed by atoms with Gasteiger partial charge in [0.05, 0.1) is 15.7 Å². The first-order valence-electron chi connectivity index (χ1n) is 17.4. The van der Waals surface area contributed by atoms with Gasteiger partial charge in [-0.25, -0.2) is 0 Å². The summed E-state index contributed by atoms with van der Waals surface area (Å²) in [4.78, 5) is 0. The fourth-order valence-corrected chi connectivity index (χ4v) is 11.2. The van der Waals surface area contributed by atoms with Crippen LogP contribution < -0.4 is 0 Å². The van der Waals surface area contributed by atoms with Crippen molar-refractivity contribution in [3.63, 3.8) is 0 Å². The number of benzene rings is 9. The van der Waals surface area contributed by atoms with Crippen LogP contribution in [0.15, 0.2) is 164 Å². The molecule has 0 saturated carbocycles. The van der Waals surface area contributed by atoms with Gasteiger partial charge in [0.15, 0.2) is 0 Å². The van der Waals surface area contributed by atoms with E-state index in [4.69, 9.17) is 0 Å². The number of nitrogens with zero attached hydrogens (tertiary/aromatic N) is 1. The Morgan fingerprint density at radius 1 is 0.333 bits per heavy atom. The summed E-state index contributed by atoms with van der Waals surface area (Å²) in [5.41, 5.74) is 6.16. The smallest absolute Gasteiger partial charge is 0.0726 e. The summed E-state index contributed by atoms with van der Waals surface area (Å²) in [6.07, 6.45) is 0. The molecule has 0 aliphatic heterocycles. The maximum Gasteiger partial charge on any atom is 0.0726 e. The maximum absolute atomic E-state index is 2.55. The number of hydrogen-bond donors (Lipinski definition) is 0. The van der Waals surface area contributed by atoms with Gasteiger partial charge in [0.25, 0.3) is 0 Å². The van der Waals surface area contributed by atoms with Crippen LogP contribution in [0.2, 0.25) is 0 Å². The van der Waals surface area contributed by atoms with Gasteiger partial charge in [0, 0.05) is 62.9 Å². The number of para-hydroxylation sites is 1. The normalized spacial score (nSPS) is 12.3. The minimum Gasteiger partial charge on any atom is -0.308 e. The van der Waals surface area contributed by atoms with Crippen LogP contribution in [0.25, 0.3) is 111 Å². The van der Waals surface area contributed by atoms with E-state index in [1.807, 2.05) is 22.7 Å². The fraction of sp³-hybridized carbons (Fsp3) is 0. The van der Waals surface area contributed by atoms with Gasteiger partial charge in [0.2, 0.25) is 0 Å². The first-order chi connectivity index (χ1) is 25.3. The predicted molar refractivity (Wildman–Crippen MR) is 225 cm³/mol. The molecule has 0 atom stereocenters. The standard InChI is InChI=1S/C48H27NS2/c1-3-17-35-31(14-1)32-15-2-4-18-36(32)44-43(35)45-37-19-5-8-21-39(37)49(47(45)48-46(44)38-20-7-10-23-41(38)51-48)30-13-11-12-28(26-30)29-24-25-34-33-16-6-9-22-40(33)50-42(34)27-29/h1-27H. The van der Waals surface area contributed by atoms with Crippen molar-refractivity contribution in [2.45, 2.75) is 0 Å². The average molecular weight is 682 g/mol. The van der Waals surface area contributed by atoms with Crippen molar-refractivity contribution >= 4 is 117 Å². The third-order valence-corrected chi connectivity index (χ3v) is 13.2. The minimum atomic E-state index is 1.18. The Labute approximate surface area is 300 Å². The Bertz CT molecular complexity index is 3430. The van der Waals surface area contributed by atoms with Crippen molar-refractivity contribution in [3.8, 4) is 16.8 Å². The van der Waals surface area contributed by atoms with Gasteiger partial charge in [-0.2, -0.15) is 0 Å². The van der Waals surface area contributed by atoms with Crippen molar-refractivity contribution < 1.29 is 0 Å². The van der Waals surface area contributed by atoms with Gasteiger partial charge in [-0.05, 0) is 69.1 Å². The van der Waals surface area contributed by atoms with Gasteiger partial charge in [0.1, 0.15) is 0 Å². The van der Waals surface area contributed by atoms with E-state index in [1.54, 1.807) is 0 Å². The van der Waals surface area contributed by atoms with Gasteiger partial charge in [-0.15, -0.1) is 22.7 Å². The summed E-state index contributed by atoms with van der Waals surface area (Å²) in [7, 11) is 0. The molecular formula is C48H27NS2. The van der Waals surface area contributed by atoms with Crippen LogP contribution in [-0.2, 0) is 0 Å². The lowest BCUT2D eigenvalue weighted by atomic mass is 9.89. The molecule has 12 aromatic rings.